The summed E-state index contributed by atoms with van der Waals surface area (Å²) < 4.78 is 28.7. The highest BCUT2D eigenvalue weighted by Gasteiger charge is 2.16. The fourth-order valence-electron chi connectivity index (χ4n) is 1.37. The van der Waals surface area contributed by atoms with Crippen LogP contribution in [0.25, 0.3) is 0 Å². The van der Waals surface area contributed by atoms with Crippen molar-refractivity contribution in [3.8, 4) is 0 Å². The summed E-state index contributed by atoms with van der Waals surface area (Å²) in [5, 5.41) is 9.50. The first-order chi connectivity index (χ1) is 8.06. The zero-order valence-electron chi connectivity index (χ0n) is 9.87. The summed E-state index contributed by atoms with van der Waals surface area (Å²) in [7, 11) is -3.30. The first-order valence-corrected chi connectivity index (χ1v) is 7.25. The molecule has 1 rings (SSSR count). The van der Waals surface area contributed by atoms with Crippen molar-refractivity contribution in [1.82, 2.24) is 0 Å². The van der Waals surface area contributed by atoms with Crippen LogP contribution in [0.4, 0.5) is 0 Å². The lowest BCUT2D eigenvalue weighted by atomic mass is 10.3. The molecular weight excluding hydrogens is 240 g/mol. The summed E-state index contributed by atoms with van der Waals surface area (Å²) in [6, 6.07) is 8.25. The maximum atomic E-state index is 11.9. The maximum Gasteiger partial charge on any atom is 0.178 e. The van der Waals surface area contributed by atoms with Crippen LogP contribution >= 0.6 is 0 Å². The standard InChI is InChI=1S/C12H18O4S/c1-2-16-10-11(13)8-9-17(14,15)12-6-4-3-5-7-12/h3-7,11,13H,2,8-10H2,1H3. The minimum atomic E-state index is -3.30. The molecule has 0 fully saturated rings. The molecule has 0 saturated carbocycles. The van der Waals surface area contributed by atoms with E-state index in [0.717, 1.165) is 0 Å². The Morgan fingerprint density at radius 1 is 1.29 bits per heavy atom. The third-order valence-electron chi connectivity index (χ3n) is 2.34. The number of ether oxygens (including phenoxy) is 1. The largest absolute Gasteiger partial charge is 0.391 e. The van der Waals surface area contributed by atoms with E-state index in [9.17, 15) is 13.5 Å². The molecule has 0 saturated heterocycles. The van der Waals surface area contributed by atoms with E-state index in [-0.39, 0.29) is 18.8 Å². The fraction of sp³-hybridized carbons (Fsp3) is 0.500. The van der Waals surface area contributed by atoms with Crippen molar-refractivity contribution in [3.05, 3.63) is 30.3 Å². The lowest BCUT2D eigenvalue weighted by Crippen LogP contribution is -2.20. The minimum absolute atomic E-state index is 0.0642. The van der Waals surface area contributed by atoms with Gasteiger partial charge in [-0.1, -0.05) is 18.2 Å². The van der Waals surface area contributed by atoms with E-state index in [2.05, 4.69) is 0 Å². The van der Waals surface area contributed by atoms with Gasteiger partial charge in [0, 0.05) is 6.61 Å². The number of rotatable bonds is 7. The van der Waals surface area contributed by atoms with Gasteiger partial charge in [-0.3, -0.25) is 0 Å². The van der Waals surface area contributed by atoms with E-state index in [0.29, 0.717) is 11.5 Å². The Hall–Kier alpha value is -0.910. The molecule has 1 aromatic rings. The maximum absolute atomic E-state index is 11.9. The van der Waals surface area contributed by atoms with Crippen molar-refractivity contribution in [3.63, 3.8) is 0 Å². The third-order valence-corrected chi connectivity index (χ3v) is 4.10. The molecule has 0 bridgehead atoms. The van der Waals surface area contributed by atoms with E-state index >= 15 is 0 Å². The summed E-state index contributed by atoms with van der Waals surface area (Å²) in [4.78, 5) is 0.295. The SMILES string of the molecule is CCOCC(O)CCS(=O)(=O)c1ccccc1. The van der Waals surface area contributed by atoms with Crippen LogP contribution < -0.4 is 0 Å². The molecule has 96 valence electrons. The number of hydrogen-bond donors (Lipinski definition) is 1. The lowest BCUT2D eigenvalue weighted by Gasteiger charge is -2.10. The van der Waals surface area contributed by atoms with Crippen LogP contribution in [0.15, 0.2) is 35.2 Å². The Morgan fingerprint density at radius 2 is 1.94 bits per heavy atom. The predicted molar refractivity (Wildman–Crippen MR) is 65.6 cm³/mol. The van der Waals surface area contributed by atoms with Gasteiger partial charge < -0.3 is 9.84 Å². The molecule has 0 spiro atoms. The van der Waals surface area contributed by atoms with Gasteiger partial charge in [0.25, 0.3) is 0 Å². The van der Waals surface area contributed by atoms with Gasteiger partial charge in [-0.25, -0.2) is 8.42 Å². The van der Waals surface area contributed by atoms with E-state index < -0.39 is 15.9 Å². The Balaban J connectivity index is 2.51. The summed E-state index contributed by atoms with van der Waals surface area (Å²) in [6.07, 6.45) is -0.537. The molecule has 0 aromatic heterocycles. The first-order valence-electron chi connectivity index (χ1n) is 5.60. The zero-order chi connectivity index (χ0) is 12.7. The molecule has 0 aliphatic rings. The molecular formula is C12H18O4S. The Bertz CT molecular complexity index is 413. The molecule has 0 heterocycles. The molecule has 0 amide bonds. The van der Waals surface area contributed by atoms with Gasteiger partial charge in [0.15, 0.2) is 9.84 Å². The van der Waals surface area contributed by atoms with Gasteiger partial charge in [0.2, 0.25) is 0 Å². The minimum Gasteiger partial charge on any atom is -0.391 e. The van der Waals surface area contributed by atoms with Crippen molar-refractivity contribution in [2.75, 3.05) is 19.0 Å². The topological polar surface area (TPSA) is 63.6 Å². The Kier molecular flexibility index (Phi) is 5.61. The Labute approximate surface area is 102 Å². The molecule has 0 aliphatic carbocycles. The molecule has 0 radical (unpaired) electrons. The molecule has 1 N–H and O–H groups in total. The van der Waals surface area contributed by atoms with Crippen LogP contribution in [0.1, 0.15) is 13.3 Å². The fourth-order valence-corrected chi connectivity index (χ4v) is 2.76. The van der Waals surface area contributed by atoms with Gasteiger partial charge in [-0.15, -0.1) is 0 Å². The van der Waals surface area contributed by atoms with Gasteiger partial charge in [0.1, 0.15) is 0 Å². The summed E-state index contributed by atoms with van der Waals surface area (Å²) in [5.41, 5.74) is 0. The summed E-state index contributed by atoms with van der Waals surface area (Å²) in [5.74, 6) is -0.0642. The number of hydrogen-bond acceptors (Lipinski definition) is 4. The van der Waals surface area contributed by atoms with Crippen molar-refractivity contribution in [2.45, 2.75) is 24.3 Å². The van der Waals surface area contributed by atoms with Crippen LogP contribution in [0.3, 0.4) is 0 Å². The highest BCUT2D eigenvalue weighted by molar-refractivity contribution is 7.91. The predicted octanol–water partition coefficient (Wildman–Crippen LogP) is 1.25. The quantitative estimate of drug-likeness (QED) is 0.799. The Morgan fingerprint density at radius 3 is 2.53 bits per heavy atom. The van der Waals surface area contributed by atoms with Crippen LogP contribution in [-0.2, 0) is 14.6 Å². The zero-order valence-corrected chi connectivity index (χ0v) is 10.7. The third kappa shape index (κ3) is 4.85. The summed E-state index contributed by atoms with van der Waals surface area (Å²) in [6.45, 7) is 2.52. The molecule has 1 atom stereocenters. The molecule has 5 heteroatoms. The van der Waals surface area contributed by atoms with Gasteiger partial charge >= 0.3 is 0 Å². The van der Waals surface area contributed by atoms with Crippen molar-refractivity contribution < 1.29 is 18.3 Å². The van der Waals surface area contributed by atoms with Crippen LogP contribution in [0.2, 0.25) is 0 Å². The highest BCUT2D eigenvalue weighted by Crippen LogP contribution is 2.12. The van der Waals surface area contributed by atoms with Crippen LogP contribution in [0, 0.1) is 0 Å². The number of benzene rings is 1. The smallest absolute Gasteiger partial charge is 0.178 e. The van der Waals surface area contributed by atoms with E-state index in [1.165, 1.54) is 0 Å². The lowest BCUT2D eigenvalue weighted by molar-refractivity contribution is 0.0412. The average molecular weight is 258 g/mol. The second-order valence-electron chi connectivity index (χ2n) is 3.73. The van der Waals surface area contributed by atoms with Crippen molar-refractivity contribution >= 4 is 9.84 Å². The number of aliphatic hydroxyl groups is 1. The van der Waals surface area contributed by atoms with Crippen LogP contribution in [-0.4, -0.2) is 38.6 Å². The average Bonchev–Trinajstić information content (AvgIpc) is 2.35. The van der Waals surface area contributed by atoms with Gasteiger partial charge in [-0.05, 0) is 25.5 Å². The number of sulfone groups is 1. The normalized spacial score (nSPS) is 13.5. The summed E-state index contributed by atoms with van der Waals surface area (Å²) >= 11 is 0. The molecule has 1 unspecified atom stereocenters. The first kappa shape index (κ1) is 14.2. The molecule has 1 aromatic carbocycles. The second kappa shape index (κ2) is 6.74. The molecule has 0 aliphatic heterocycles. The van der Waals surface area contributed by atoms with Gasteiger partial charge in [0.05, 0.1) is 23.4 Å². The second-order valence-corrected chi connectivity index (χ2v) is 5.84. The van der Waals surface area contributed by atoms with E-state index in [1.807, 2.05) is 6.92 Å². The van der Waals surface area contributed by atoms with Crippen molar-refractivity contribution in [1.29, 1.82) is 0 Å². The van der Waals surface area contributed by atoms with E-state index in [1.54, 1.807) is 30.3 Å². The monoisotopic (exact) mass is 258 g/mol. The van der Waals surface area contributed by atoms with E-state index in [4.69, 9.17) is 4.74 Å². The molecule has 4 nitrogen and oxygen atoms in total. The van der Waals surface area contributed by atoms with Gasteiger partial charge in [-0.2, -0.15) is 0 Å². The van der Waals surface area contributed by atoms with Crippen LogP contribution in [0.5, 0.6) is 0 Å². The van der Waals surface area contributed by atoms with Crippen molar-refractivity contribution in [2.24, 2.45) is 0 Å². The highest BCUT2D eigenvalue weighted by atomic mass is 32.2. The molecule has 17 heavy (non-hydrogen) atoms. The number of aliphatic hydroxyl groups excluding tert-OH is 1.